The maximum Gasteiger partial charge on any atom is 0.223 e. The first-order chi connectivity index (χ1) is 20.1. The number of anilines is 2. The van der Waals surface area contributed by atoms with Gasteiger partial charge in [0.1, 0.15) is 11.3 Å². The summed E-state index contributed by atoms with van der Waals surface area (Å²) in [6.45, 7) is 10.2. The van der Waals surface area contributed by atoms with Crippen LogP contribution in [0.5, 0.6) is 0 Å². The molecule has 7 rings (SSSR count). The molecule has 42 heavy (non-hydrogen) atoms. The van der Waals surface area contributed by atoms with Gasteiger partial charge in [0.25, 0.3) is 0 Å². The van der Waals surface area contributed by atoms with Crippen LogP contribution in [-0.4, -0.2) is 36.2 Å². The molecule has 0 aliphatic carbocycles. The minimum absolute atomic E-state index is 0.0810. The first kappa shape index (κ1) is 26.6. The fourth-order valence-corrected chi connectivity index (χ4v) is 7.79. The van der Waals surface area contributed by atoms with Crippen LogP contribution < -0.4 is 20.4 Å². The Labute approximate surface area is 248 Å². The molecule has 2 atom stereocenters. The second-order valence-corrected chi connectivity index (χ2v) is 13.1. The Morgan fingerprint density at radius 2 is 0.976 bits per heavy atom. The summed E-state index contributed by atoms with van der Waals surface area (Å²) in [6, 6.07) is 25.4. The Hall–Kier alpha value is -4.32. The van der Waals surface area contributed by atoms with E-state index in [1.165, 1.54) is 22.5 Å². The van der Waals surface area contributed by atoms with Crippen molar-refractivity contribution in [3.05, 3.63) is 107 Å². The fraction of sp³-hybridized carbons (Fsp3) is 0.333. The predicted molar refractivity (Wildman–Crippen MR) is 169 cm³/mol. The number of amides is 2. The lowest BCUT2D eigenvalue weighted by atomic mass is 9.74. The van der Waals surface area contributed by atoms with Crippen molar-refractivity contribution >= 4 is 35.3 Å². The molecule has 4 aliphatic rings. The third-order valence-corrected chi connectivity index (χ3v) is 10.2. The highest BCUT2D eigenvalue weighted by molar-refractivity contribution is 5.86. The van der Waals surface area contributed by atoms with Crippen molar-refractivity contribution in [2.45, 2.75) is 62.7 Å². The molecule has 0 radical (unpaired) electrons. The number of benzene rings is 3. The molecule has 0 saturated carbocycles. The molecule has 3 aromatic carbocycles. The Morgan fingerprint density at radius 3 is 1.38 bits per heavy atom. The van der Waals surface area contributed by atoms with Crippen molar-refractivity contribution < 1.29 is 9.59 Å². The molecule has 214 valence electrons. The van der Waals surface area contributed by atoms with Crippen LogP contribution in [0.25, 0.3) is 12.2 Å². The molecule has 0 spiro atoms. The summed E-state index contributed by atoms with van der Waals surface area (Å²) in [5, 5.41) is 6.71. The van der Waals surface area contributed by atoms with Crippen LogP contribution in [0, 0.1) is 0 Å². The molecule has 2 saturated heterocycles. The smallest absolute Gasteiger partial charge is 0.223 e. The number of carbonyl (C=O) groups is 2. The van der Waals surface area contributed by atoms with Gasteiger partial charge < -0.3 is 20.4 Å². The number of rotatable bonds is 4. The van der Waals surface area contributed by atoms with Crippen molar-refractivity contribution in [3.8, 4) is 0 Å². The van der Waals surface area contributed by atoms with E-state index in [1.54, 1.807) is 0 Å². The third kappa shape index (κ3) is 3.57. The van der Waals surface area contributed by atoms with Crippen LogP contribution in [0.15, 0.2) is 84.9 Å². The number of nitrogens with zero attached hydrogens (tertiary/aromatic N) is 2. The van der Waals surface area contributed by atoms with Crippen molar-refractivity contribution in [2.24, 2.45) is 0 Å². The summed E-state index contributed by atoms with van der Waals surface area (Å²) in [7, 11) is 0. The molecule has 6 heteroatoms. The summed E-state index contributed by atoms with van der Waals surface area (Å²) in [4.78, 5) is 30.1. The number of carbonyl (C=O) groups excluding carboxylic acids is 2. The van der Waals surface area contributed by atoms with E-state index >= 15 is 0 Å². The zero-order valence-electron chi connectivity index (χ0n) is 24.8. The van der Waals surface area contributed by atoms with E-state index in [4.69, 9.17) is 0 Å². The van der Waals surface area contributed by atoms with E-state index < -0.39 is 11.3 Å². The van der Waals surface area contributed by atoms with Crippen LogP contribution in [-0.2, 0) is 20.4 Å². The molecule has 2 fully saturated rings. The number of nitrogens with one attached hydrogen (secondary N) is 2. The Kier molecular flexibility index (Phi) is 5.75. The standard InChI is InChI=1S/C36H38N4O2/c1-33(2)27-9-5-7-11-29(27)39-23-19-31(41)37-35(33,39)21-17-25-13-15-26(16-14-25)18-22-36-34(3,4)28-10-6-8-12-30(28)40(36)24-20-32(42)38-36/h5-18,21-22H,19-20,23-24H2,1-4H3,(H,37,41)(H,38,42)/b21-17+,22-18+/t35-,36-/m1/s1. The molecule has 0 bridgehead atoms. The maximum absolute atomic E-state index is 12.7. The van der Waals surface area contributed by atoms with E-state index in [2.05, 4.69) is 145 Å². The quantitative estimate of drug-likeness (QED) is 0.429. The van der Waals surface area contributed by atoms with Crippen LogP contribution in [0.2, 0.25) is 0 Å². The highest BCUT2D eigenvalue weighted by Gasteiger charge is 2.59. The highest BCUT2D eigenvalue weighted by Crippen LogP contribution is 2.53. The van der Waals surface area contributed by atoms with Crippen LogP contribution in [0.1, 0.15) is 62.8 Å². The van der Waals surface area contributed by atoms with Gasteiger partial charge >= 0.3 is 0 Å². The Balaban J connectivity index is 1.18. The minimum atomic E-state index is -0.630. The van der Waals surface area contributed by atoms with E-state index in [-0.39, 0.29) is 22.6 Å². The van der Waals surface area contributed by atoms with Gasteiger partial charge in [-0.1, -0.05) is 101 Å². The lowest BCUT2D eigenvalue weighted by Gasteiger charge is -2.49. The monoisotopic (exact) mass is 558 g/mol. The van der Waals surface area contributed by atoms with Gasteiger partial charge in [0.05, 0.1) is 0 Å². The summed E-state index contributed by atoms with van der Waals surface area (Å²) in [6.07, 6.45) is 9.56. The molecule has 3 aromatic rings. The molecule has 0 aromatic heterocycles. The van der Waals surface area contributed by atoms with E-state index in [1.807, 2.05) is 0 Å². The number of para-hydroxylation sites is 2. The van der Waals surface area contributed by atoms with Gasteiger partial charge in [-0.2, -0.15) is 0 Å². The number of hydrogen-bond acceptors (Lipinski definition) is 4. The van der Waals surface area contributed by atoms with Crippen molar-refractivity contribution in [1.82, 2.24) is 10.6 Å². The van der Waals surface area contributed by atoms with Gasteiger partial charge in [-0.3, -0.25) is 9.59 Å². The normalized spacial score (nSPS) is 27.0. The summed E-state index contributed by atoms with van der Waals surface area (Å²) < 4.78 is 0. The summed E-state index contributed by atoms with van der Waals surface area (Å²) >= 11 is 0. The zero-order chi connectivity index (χ0) is 29.3. The first-order valence-corrected chi connectivity index (χ1v) is 14.9. The number of fused-ring (bicyclic) bond motifs is 6. The molecule has 0 unspecified atom stereocenters. The van der Waals surface area contributed by atoms with Gasteiger partial charge in [0.2, 0.25) is 11.8 Å². The lowest BCUT2D eigenvalue weighted by Crippen LogP contribution is -2.68. The van der Waals surface area contributed by atoms with Crippen molar-refractivity contribution in [2.75, 3.05) is 22.9 Å². The van der Waals surface area contributed by atoms with Crippen LogP contribution >= 0.6 is 0 Å². The minimum Gasteiger partial charge on any atom is -0.344 e. The van der Waals surface area contributed by atoms with E-state index in [9.17, 15) is 9.59 Å². The van der Waals surface area contributed by atoms with Gasteiger partial charge in [-0.15, -0.1) is 0 Å². The SMILES string of the molecule is CC1(C)c2ccccc2N2CCC(=O)N[C@]21/C=C/c1ccc(/C=C/[C@@]23NC(=O)CCN2c2ccccc2C3(C)C)cc1. The fourth-order valence-electron chi connectivity index (χ4n) is 7.79. The molecule has 2 N–H and O–H groups in total. The second-order valence-electron chi connectivity index (χ2n) is 13.1. The predicted octanol–water partition coefficient (Wildman–Crippen LogP) is 5.74. The Morgan fingerprint density at radius 1 is 0.595 bits per heavy atom. The lowest BCUT2D eigenvalue weighted by molar-refractivity contribution is -0.125. The van der Waals surface area contributed by atoms with Crippen molar-refractivity contribution in [3.63, 3.8) is 0 Å². The average Bonchev–Trinajstić information content (AvgIpc) is 3.30. The Bertz CT molecular complexity index is 1530. The molecule has 2 amide bonds. The van der Waals surface area contributed by atoms with Gasteiger partial charge in [-0.25, -0.2) is 0 Å². The van der Waals surface area contributed by atoms with Gasteiger partial charge in [-0.05, 0) is 46.5 Å². The maximum atomic E-state index is 12.7. The third-order valence-electron chi connectivity index (χ3n) is 10.2. The first-order valence-electron chi connectivity index (χ1n) is 14.9. The molecule has 4 aliphatic heterocycles. The van der Waals surface area contributed by atoms with E-state index in [0.29, 0.717) is 25.9 Å². The zero-order valence-corrected chi connectivity index (χ0v) is 24.8. The molecule has 4 heterocycles. The molecule has 6 nitrogen and oxygen atoms in total. The van der Waals surface area contributed by atoms with Crippen LogP contribution in [0.3, 0.4) is 0 Å². The van der Waals surface area contributed by atoms with Crippen molar-refractivity contribution in [1.29, 1.82) is 0 Å². The molecular formula is C36H38N4O2. The number of hydrogen-bond donors (Lipinski definition) is 2. The average molecular weight is 559 g/mol. The van der Waals surface area contributed by atoms with Gasteiger partial charge in [0, 0.05) is 48.1 Å². The summed E-state index contributed by atoms with van der Waals surface area (Å²) in [5.41, 5.74) is 5.13. The molecular weight excluding hydrogens is 520 g/mol. The topological polar surface area (TPSA) is 64.7 Å². The van der Waals surface area contributed by atoms with Gasteiger partial charge in [0.15, 0.2) is 0 Å². The largest absolute Gasteiger partial charge is 0.344 e. The van der Waals surface area contributed by atoms with E-state index in [0.717, 1.165) is 11.1 Å². The second kappa shape index (κ2) is 9.09. The van der Waals surface area contributed by atoms with Crippen LogP contribution in [0.4, 0.5) is 11.4 Å². The highest BCUT2D eigenvalue weighted by atomic mass is 16.2. The summed E-state index contributed by atoms with van der Waals surface area (Å²) in [5.74, 6) is 0.162.